The van der Waals surface area contributed by atoms with Gasteiger partial charge in [0.1, 0.15) is 0 Å². The second-order valence-electron chi connectivity index (χ2n) is 7.22. The molecule has 4 nitrogen and oxygen atoms in total. The van der Waals surface area contributed by atoms with Gasteiger partial charge in [-0.1, -0.05) is 36.8 Å². The van der Waals surface area contributed by atoms with Gasteiger partial charge in [0.15, 0.2) is 0 Å². The number of nitrogens with zero attached hydrogens (tertiary/aromatic N) is 3. The van der Waals surface area contributed by atoms with Crippen LogP contribution in [0.1, 0.15) is 50.5 Å². The fourth-order valence-corrected chi connectivity index (χ4v) is 2.51. The molecule has 1 aromatic heterocycles. The van der Waals surface area contributed by atoms with Crippen molar-refractivity contribution in [1.82, 2.24) is 14.7 Å². The summed E-state index contributed by atoms with van der Waals surface area (Å²) in [6.07, 6.45) is 3.56. The second-order valence-corrected chi connectivity index (χ2v) is 7.22. The molecule has 0 saturated carbocycles. The minimum atomic E-state index is -0.465. The Morgan fingerprint density at radius 1 is 1.22 bits per heavy atom. The standard InChI is InChI=1S/C19H29N3O/c1-6-21(12-16-11-20-22(13-16)19(3,4)5)14-18(23)17-9-7-15(2)8-10-17/h7-11,13,18,23H,6,12,14H2,1-5H3. The number of aryl methyl sites for hydroxylation is 1. The molecule has 0 aliphatic carbocycles. The molecule has 0 saturated heterocycles. The molecule has 23 heavy (non-hydrogen) atoms. The van der Waals surface area contributed by atoms with Crippen LogP contribution < -0.4 is 0 Å². The van der Waals surface area contributed by atoms with Crippen LogP contribution in [-0.4, -0.2) is 32.9 Å². The van der Waals surface area contributed by atoms with Gasteiger partial charge < -0.3 is 5.11 Å². The third kappa shape index (κ3) is 4.91. The Morgan fingerprint density at radius 3 is 2.39 bits per heavy atom. The van der Waals surface area contributed by atoms with Crippen LogP contribution in [0, 0.1) is 6.92 Å². The lowest BCUT2D eigenvalue weighted by atomic mass is 10.1. The summed E-state index contributed by atoms with van der Waals surface area (Å²) >= 11 is 0. The zero-order valence-corrected chi connectivity index (χ0v) is 15.0. The molecule has 0 bridgehead atoms. The maximum absolute atomic E-state index is 10.5. The highest BCUT2D eigenvalue weighted by molar-refractivity contribution is 5.23. The summed E-state index contributed by atoms with van der Waals surface area (Å²) in [4.78, 5) is 2.24. The average Bonchev–Trinajstić information content (AvgIpc) is 2.95. The molecular weight excluding hydrogens is 286 g/mol. The quantitative estimate of drug-likeness (QED) is 0.887. The zero-order valence-electron chi connectivity index (χ0n) is 15.0. The van der Waals surface area contributed by atoms with Crippen molar-refractivity contribution in [3.8, 4) is 0 Å². The maximum atomic E-state index is 10.5. The number of likely N-dealkylation sites (N-methyl/N-ethyl adjacent to an activating group) is 1. The smallest absolute Gasteiger partial charge is 0.0917 e. The van der Waals surface area contributed by atoms with Crippen molar-refractivity contribution in [2.45, 2.75) is 52.8 Å². The largest absolute Gasteiger partial charge is 0.387 e. The number of aromatic nitrogens is 2. The third-order valence-electron chi connectivity index (χ3n) is 4.07. The number of aliphatic hydroxyl groups excluding tert-OH is 1. The van der Waals surface area contributed by atoms with E-state index in [1.165, 1.54) is 11.1 Å². The Bertz CT molecular complexity index is 610. The summed E-state index contributed by atoms with van der Waals surface area (Å²) in [6, 6.07) is 8.10. The number of benzene rings is 1. The van der Waals surface area contributed by atoms with Crippen molar-refractivity contribution >= 4 is 0 Å². The Kier molecular flexibility index (Phi) is 5.60. The molecule has 0 aliphatic heterocycles. The van der Waals surface area contributed by atoms with Gasteiger partial charge in [-0.25, -0.2) is 0 Å². The van der Waals surface area contributed by atoms with Crippen LogP contribution in [0.4, 0.5) is 0 Å². The van der Waals surface area contributed by atoms with E-state index in [0.717, 1.165) is 18.7 Å². The monoisotopic (exact) mass is 315 g/mol. The molecule has 0 fully saturated rings. The van der Waals surface area contributed by atoms with Crippen molar-refractivity contribution in [2.75, 3.05) is 13.1 Å². The summed E-state index contributed by atoms with van der Waals surface area (Å²) in [5.41, 5.74) is 3.36. The van der Waals surface area contributed by atoms with Crippen LogP contribution >= 0.6 is 0 Å². The Labute approximate surface area is 139 Å². The fraction of sp³-hybridized carbons (Fsp3) is 0.526. The van der Waals surface area contributed by atoms with Gasteiger partial charge >= 0.3 is 0 Å². The molecule has 1 N–H and O–H groups in total. The van der Waals surface area contributed by atoms with E-state index in [0.29, 0.717) is 6.54 Å². The lowest BCUT2D eigenvalue weighted by Crippen LogP contribution is -2.28. The SMILES string of the molecule is CCN(Cc1cnn(C(C)(C)C)c1)CC(O)c1ccc(C)cc1. The summed E-state index contributed by atoms with van der Waals surface area (Å²) in [5, 5.41) is 14.9. The maximum Gasteiger partial charge on any atom is 0.0917 e. The predicted molar refractivity (Wildman–Crippen MR) is 94.3 cm³/mol. The van der Waals surface area contributed by atoms with Crippen molar-refractivity contribution in [1.29, 1.82) is 0 Å². The van der Waals surface area contributed by atoms with Gasteiger partial charge in [-0.3, -0.25) is 9.58 Å². The van der Waals surface area contributed by atoms with Crippen LogP contribution in [0.15, 0.2) is 36.7 Å². The third-order valence-corrected chi connectivity index (χ3v) is 4.07. The van der Waals surface area contributed by atoms with E-state index in [2.05, 4.69) is 50.8 Å². The van der Waals surface area contributed by atoms with Crippen LogP contribution in [0.5, 0.6) is 0 Å². The molecule has 1 heterocycles. The second kappa shape index (κ2) is 7.28. The average molecular weight is 315 g/mol. The lowest BCUT2D eigenvalue weighted by Gasteiger charge is -2.23. The molecule has 2 rings (SSSR count). The Balaban J connectivity index is 2.00. The van der Waals surface area contributed by atoms with Gasteiger partial charge in [0.25, 0.3) is 0 Å². The molecule has 0 spiro atoms. The fourth-order valence-electron chi connectivity index (χ4n) is 2.51. The van der Waals surface area contributed by atoms with Crippen molar-refractivity contribution in [2.24, 2.45) is 0 Å². The predicted octanol–water partition coefficient (Wildman–Crippen LogP) is 3.50. The van der Waals surface area contributed by atoms with Gasteiger partial charge in [-0.2, -0.15) is 5.10 Å². The van der Waals surface area contributed by atoms with Gasteiger partial charge in [0.2, 0.25) is 0 Å². The summed E-state index contributed by atoms with van der Waals surface area (Å²) in [7, 11) is 0. The first-order valence-corrected chi connectivity index (χ1v) is 8.30. The van der Waals surface area contributed by atoms with Crippen molar-refractivity contribution in [3.05, 3.63) is 53.3 Å². The topological polar surface area (TPSA) is 41.3 Å². The molecule has 2 aromatic rings. The summed E-state index contributed by atoms with van der Waals surface area (Å²) < 4.78 is 1.99. The summed E-state index contributed by atoms with van der Waals surface area (Å²) in [6.45, 7) is 12.9. The molecule has 1 unspecified atom stereocenters. The normalized spacial score (nSPS) is 13.5. The van der Waals surface area contributed by atoms with Crippen LogP contribution in [0.3, 0.4) is 0 Å². The molecule has 0 aliphatic rings. The van der Waals surface area contributed by atoms with E-state index in [-0.39, 0.29) is 5.54 Å². The van der Waals surface area contributed by atoms with Gasteiger partial charge in [0, 0.05) is 24.8 Å². The number of hydrogen-bond donors (Lipinski definition) is 1. The van der Waals surface area contributed by atoms with E-state index >= 15 is 0 Å². The highest BCUT2D eigenvalue weighted by Crippen LogP contribution is 2.18. The van der Waals surface area contributed by atoms with E-state index in [9.17, 15) is 5.11 Å². The lowest BCUT2D eigenvalue weighted by molar-refractivity contribution is 0.112. The first kappa shape index (κ1) is 17.7. The number of hydrogen-bond acceptors (Lipinski definition) is 3. The van der Waals surface area contributed by atoms with E-state index in [4.69, 9.17) is 0 Å². The molecule has 4 heteroatoms. The molecule has 0 radical (unpaired) electrons. The molecule has 0 amide bonds. The van der Waals surface area contributed by atoms with Crippen LogP contribution in [0.25, 0.3) is 0 Å². The molecule has 1 atom stereocenters. The van der Waals surface area contributed by atoms with Crippen molar-refractivity contribution < 1.29 is 5.11 Å². The van der Waals surface area contributed by atoms with Crippen LogP contribution in [0.2, 0.25) is 0 Å². The number of rotatable bonds is 6. The van der Waals surface area contributed by atoms with Gasteiger partial charge in [-0.05, 0) is 39.8 Å². The minimum Gasteiger partial charge on any atom is -0.387 e. The van der Waals surface area contributed by atoms with Gasteiger partial charge in [0.05, 0.1) is 17.8 Å². The van der Waals surface area contributed by atoms with E-state index in [1.807, 2.05) is 35.1 Å². The molecule has 126 valence electrons. The van der Waals surface area contributed by atoms with E-state index < -0.39 is 6.10 Å². The Morgan fingerprint density at radius 2 is 1.87 bits per heavy atom. The Hall–Kier alpha value is -1.65. The van der Waals surface area contributed by atoms with E-state index in [1.54, 1.807) is 0 Å². The first-order valence-electron chi connectivity index (χ1n) is 8.30. The highest BCUT2D eigenvalue weighted by atomic mass is 16.3. The van der Waals surface area contributed by atoms with Crippen LogP contribution in [-0.2, 0) is 12.1 Å². The minimum absolute atomic E-state index is 0.00327. The molecular formula is C19H29N3O. The molecule has 1 aromatic carbocycles. The van der Waals surface area contributed by atoms with Crippen molar-refractivity contribution in [3.63, 3.8) is 0 Å². The van der Waals surface area contributed by atoms with Gasteiger partial charge in [-0.15, -0.1) is 0 Å². The first-order chi connectivity index (χ1) is 10.8. The number of aliphatic hydroxyl groups is 1. The highest BCUT2D eigenvalue weighted by Gasteiger charge is 2.16. The summed E-state index contributed by atoms with van der Waals surface area (Å²) in [5.74, 6) is 0. The zero-order chi connectivity index (χ0) is 17.0.